The molecular formula is C13H21N3O. The molecule has 1 fully saturated rings. The molecule has 1 aliphatic carbocycles. The second kappa shape index (κ2) is 6.42. The highest BCUT2D eigenvalue weighted by molar-refractivity contribution is 5.76. The number of carbonyl (C=O) groups is 1. The molecule has 0 spiro atoms. The third-order valence-electron chi connectivity index (χ3n) is 3.35. The smallest absolute Gasteiger partial charge is 0.222 e. The molecule has 1 N–H and O–H groups in total. The Kier molecular flexibility index (Phi) is 4.59. The summed E-state index contributed by atoms with van der Waals surface area (Å²) in [5.41, 5.74) is 0. The molecule has 1 aromatic heterocycles. The maximum Gasteiger partial charge on any atom is 0.222 e. The number of amides is 1. The molecule has 2 rings (SSSR count). The van der Waals surface area contributed by atoms with Crippen LogP contribution in [0.2, 0.25) is 0 Å². The zero-order chi connectivity index (χ0) is 11.9. The number of hydrogen-bond acceptors (Lipinski definition) is 2. The van der Waals surface area contributed by atoms with Gasteiger partial charge in [-0.25, -0.2) is 0 Å². The molecule has 1 amide bonds. The second-order valence-electron chi connectivity index (χ2n) is 4.78. The van der Waals surface area contributed by atoms with Crippen LogP contribution in [0.4, 0.5) is 0 Å². The van der Waals surface area contributed by atoms with Gasteiger partial charge in [-0.2, -0.15) is 5.10 Å². The molecule has 0 unspecified atom stereocenters. The maximum atomic E-state index is 11.8. The summed E-state index contributed by atoms with van der Waals surface area (Å²) in [6, 6.07) is 2.28. The Morgan fingerprint density at radius 3 is 2.71 bits per heavy atom. The summed E-state index contributed by atoms with van der Waals surface area (Å²) >= 11 is 0. The van der Waals surface area contributed by atoms with Gasteiger partial charge in [-0.05, 0) is 18.9 Å². The van der Waals surface area contributed by atoms with Gasteiger partial charge in [0.15, 0.2) is 0 Å². The van der Waals surface area contributed by atoms with Gasteiger partial charge < -0.3 is 5.32 Å². The molecule has 1 aliphatic rings. The number of nitrogens with one attached hydrogen (secondary N) is 1. The van der Waals surface area contributed by atoms with Gasteiger partial charge in [-0.3, -0.25) is 9.48 Å². The van der Waals surface area contributed by atoms with E-state index in [1.165, 1.54) is 25.7 Å². The Labute approximate surface area is 102 Å². The van der Waals surface area contributed by atoms with Crippen molar-refractivity contribution in [2.75, 3.05) is 0 Å². The first kappa shape index (κ1) is 12.1. The van der Waals surface area contributed by atoms with Gasteiger partial charge in [-0.1, -0.05) is 25.7 Å². The van der Waals surface area contributed by atoms with Crippen molar-refractivity contribution in [3.05, 3.63) is 18.5 Å². The molecule has 1 heterocycles. The fourth-order valence-corrected chi connectivity index (χ4v) is 2.37. The van der Waals surface area contributed by atoms with Crippen LogP contribution in [-0.2, 0) is 11.3 Å². The minimum Gasteiger partial charge on any atom is -0.353 e. The van der Waals surface area contributed by atoms with Gasteiger partial charge in [0.05, 0.1) is 0 Å². The lowest BCUT2D eigenvalue weighted by Gasteiger charge is -2.16. The van der Waals surface area contributed by atoms with Gasteiger partial charge in [0.25, 0.3) is 0 Å². The van der Waals surface area contributed by atoms with Crippen molar-refractivity contribution >= 4 is 5.91 Å². The number of carbonyl (C=O) groups excluding carboxylic acids is 1. The summed E-state index contributed by atoms with van der Waals surface area (Å²) in [6.07, 6.45) is 11.6. The molecule has 0 bridgehead atoms. The lowest BCUT2D eigenvalue weighted by atomic mass is 10.1. The largest absolute Gasteiger partial charge is 0.353 e. The summed E-state index contributed by atoms with van der Waals surface area (Å²) in [4.78, 5) is 11.8. The molecule has 0 atom stereocenters. The molecule has 4 nitrogen and oxygen atoms in total. The van der Waals surface area contributed by atoms with E-state index in [0.717, 1.165) is 12.8 Å². The van der Waals surface area contributed by atoms with Crippen molar-refractivity contribution in [3.8, 4) is 0 Å². The third kappa shape index (κ3) is 4.21. The molecule has 1 saturated carbocycles. The van der Waals surface area contributed by atoms with Crippen molar-refractivity contribution < 1.29 is 4.79 Å². The monoisotopic (exact) mass is 235 g/mol. The fraction of sp³-hybridized carbons (Fsp3) is 0.692. The third-order valence-corrected chi connectivity index (χ3v) is 3.35. The Morgan fingerprint density at radius 2 is 2.06 bits per heavy atom. The number of aromatic nitrogens is 2. The van der Waals surface area contributed by atoms with E-state index < -0.39 is 0 Å². The fourth-order valence-electron chi connectivity index (χ4n) is 2.37. The first-order valence-electron chi connectivity index (χ1n) is 6.61. The van der Waals surface area contributed by atoms with Crippen LogP contribution < -0.4 is 5.32 Å². The van der Waals surface area contributed by atoms with Gasteiger partial charge in [0.2, 0.25) is 5.91 Å². The molecule has 0 radical (unpaired) electrons. The van der Waals surface area contributed by atoms with Crippen LogP contribution in [0.5, 0.6) is 0 Å². The van der Waals surface area contributed by atoms with E-state index in [1.54, 1.807) is 10.9 Å². The minimum atomic E-state index is 0.160. The molecule has 0 aromatic carbocycles. The van der Waals surface area contributed by atoms with Crippen molar-refractivity contribution in [1.82, 2.24) is 15.1 Å². The zero-order valence-corrected chi connectivity index (χ0v) is 10.3. The second-order valence-corrected chi connectivity index (χ2v) is 4.78. The summed E-state index contributed by atoms with van der Waals surface area (Å²) in [5, 5.41) is 7.23. The summed E-state index contributed by atoms with van der Waals surface area (Å²) < 4.78 is 1.80. The molecule has 17 heavy (non-hydrogen) atoms. The van der Waals surface area contributed by atoms with Crippen LogP contribution in [0.1, 0.15) is 44.9 Å². The van der Waals surface area contributed by atoms with Crippen LogP contribution in [0.3, 0.4) is 0 Å². The maximum absolute atomic E-state index is 11.8. The lowest BCUT2D eigenvalue weighted by Crippen LogP contribution is -2.34. The molecule has 4 heteroatoms. The van der Waals surface area contributed by atoms with E-state index in [1.807, 2.05) is 12.3 Å². The standard InChI is InChI=1S/C13H21N3O/c17-13(8-11-16-10-5-9-14-16)15-12-6-3-1-2-4-7-12/h5,9-10,12H,1-4,6-8,11H2,(H,15,17). The number of nitrogens with zero attached hydrogens (tertiary/aromatic N) is 2. The molecule has 0 saturated heterocycles. The van der Waals surface area contributed by atoms with E-state index in [4.69, 9.17) is 0 Å². The molecule has 1 aromatic rings. The predicted octanol–water partition coefficient (Wildman–Crippen LogP) is 2.11. The minimum absolute atomic E-state index is 0.160. The molecule has 0 aliphatic heterocycles. The highest BCUT2D eigenvalue weighted by Gasteiger charge is 2.14. The zero-order valence-electron chi connectivity index (χ0n) is 10.3. The summed E-state index contributed by atoms with van der Waals surface area (Å²) in [7, 11) is 0. The van der Waals surface area contributed by atoms with E-state index in [0.29, 0.717) is 19.0 Å². The van der Waals surface area contributed by atoms with E-state index in [-0.39, 0.29) is 5.91 Å². The van der Waals surface area contributed by atoms with Crippen molar-refractivity contribution in [1.29, 1.82) is 0 Å². The highest BCUT2D eigenvalue weighted by Crippen LogP contribution is 2.17. The summed E-state index contributed by atoms with van der Waals surface area (Å²) in [6.45, 7) is 0.672. The quantitative estimate of drug-likeness (QED) is 0.812. The Morgan fingerprint density at radius 1 is 1.29 bits per heavy atom. The van der Waals surface area contributed by atoms with E-state index in [9.17, 15) is 4.79 Å². The van der Waals surface area contributed by atoms with Crippen LogP contribution >= 0.6 is 0 Å². The average molecular weight is 235 g/mol. The summed E-state index contributed by atoms with van der Waals surface area (Å²) in [5.74, 6) is 0.160. The first-order valence-corrected chi connectivity index (χ1v) is 6.61. The average Bonchev–Trinajstić information content (AvgIpc) is 2.72. The van der Waals surface area contributed by atoms with Crippen LogP contribution in [-0.4, -0.2) is 21.7 Å². The number of rotatable bonds is 4. The van der Waals surface area contributed by atoms with Crippen LogP contribution in [0.25, 0.3) is 0 Å². The van der Waals surface area contributed by atoms with E-state index in [2.05, 4.69) is 10.4 Å². The normalized spacial score (nSPS) is 17.6. The van der Waals surface area contributed by atoms with Crippen molar-refractivity contribution in [2.24, 2.45) is 0 Å². The molecular weight excluding hydrogens is 214 g/mol. The number of aryl methyl sites for hydroxylation is 1. The van der Waals surface area contributed by atoms with E-state index >= 15 is 0 Å². The lowest BCUT2D eigenvalue weighted by molar-refractivity contribution is -0.122. The van der Waals surface area contributed by atoms with Gasteiger partial charge in [-0.15, -0.1) is 0 Å². The van der Waals surface area contributed by atoms with Crippen molar-refractivity contribution in [3.63, 3.8) is 0 Å². The Hall–Kier alpha value is -1.32. The van der Waals surface area contributed by atoms with Crippen LogP contribution in [0.15, 0.2) is 18.5 Å². The predicted molar refractivity (Wildman–Crippen MR) is 66.5 cm³/mol. The van der Waals surface area contributed by atoms with Gasteiger partial charge >= 0.3 is 0 Å². The Bertz CT molecular complexity index is 326. The van der Waals surface area contributed by atoms with Gasteiger partial charge in [0, 0.05) is 31.4 Å². The van der Waals surface area contributed by atoms with Gasteiger partial charge in [0.1, 0.15) is 0 Å². The highest BCUT2D eigenvalue weighted by atomic mass is 16.1. The first-order chi connectivity index (χ1) is 8.34. The Balaban J connectivity index is 1.69. The van der Waals surface area contributed by atoms with Crippen LogP contribution in [0, 0.1) is 0 Å². The molecule has 94 valence electrons. The number of hydrogen-bond donors (Lipinski definition) is 1. The SMILES string of the molecule is O=C(CCn1cccn1)NC1CCCCCC1. The topological polar surface area (TPSA) is 46.9 Å². The van der Waals surface area contributed by atoms with Crippen molar-refractivity contribution in [2.45, 2.75) is 57.5 Å².